The largest absolute Gasteiger partial charge is 0.384 e. The van der Waals surface area contributed by atoms with Crippen LogP contribution in [0.3, 0.4) is 0 Å². The molecule has 1 aromatic heterocycles. The van der Waals surface area contributed by atoms with Crippen LogP contribution in [0, 0.1) is 5.41 Å². The summed E-state index contributed by atoms with van der Waals surface area (Å²) >= 11 is 0. The fourth-order valence-electron chi connectivity index (χ4n) is 2.09. The summed E-state index contributed by atoms with van der Waals surface area (Å²) in [5.74, 6) is 1.14. The van der Waals surface area contributed by atoms with E-state index in [1.807, 2.05) is 0 Å². The van der Waals surface area contributed by atoms with Gasteiger partial charge in [-0.25, -0.2) is 4.98 Å². The number of hydrogen-bond acceptors (Lipinski definition) is 5. The quantitative estimate of drug-likeness (QED) is 0.824. The fraction of sp³-hybridized carbons (Fsp3) is 0.667. The highest BCUT2D eigenvalue weighted by Crippen LogP contribution is 2.30. The molecule has 2 heterocycles. The first-order valence-electron chi connectivity index (χ1n) is 6.08. The van der Waals surface area contributed by atoms with Gasteiger partial charge in [0, 0.05) is 12.7 Å². The highest BCUT2D eigenvalue weighted by Gasteiger charge is 2.28. The van der Waals surface area contributed by atoms with Crippen molar-refractivity contribution >= 4 is 11.8 Å². The molecule has 0 aromatic carbocycles. The van der Waals surface area contributed by atoms with Crippen molar-refractivity contribution < 1.29 is 0 Å². The molecule has 0 atom stereocenters. The van der Waals surface area contributed by atoms with Crippen LogP contribution in [-0.2, 0) is 0 Å². The Hall–Kier alpha value is -1.36. The molecule has 1 aliphatic rings. The second-order valence-electron chi connectivity index (χ2n) is 5.27. The van der Waals surface area contributed by atoms with Crippen LogP contribution in [0.4, 0.5) is 11.8 Å². The van der Waals surface area contributed by atoms with Crippen LogP contribution < -0.4 is 11.1 Å². The zero-order valence-corrected chi connectivity index (χ0v) is 10.6. The number of nitrogens with zero attached hydrogens (tertiary/aromatic N) is 3. The molecule has 0 bridgehead atoms. The SMILES string of the molecule is CN1CCC(C)(CNc2nccc(N)n2)CC1. The van der Waals surface area contributed by atoms with Crippen molar-refractivity contribution in [3.05, 3.63) is 12.3 Å². The summed E-state index contributed by atoms with van der Waals surface area (Å²) in [4.78, 5) is 10.7. The predicted octanol–water partition coefficient (Wildman–Crippen LogP) is 1.20. The number of nitrogens with two attached hydrogens (primary N) is 1. The van der Waals surface area contributed by atoms with E-state index >= 15 is 0 Å². The maximum absolute atomic E-state index is 5.62. The number of rotatable bonds is 3. The van der Waals surface area contributed by atoms with Gasteiger partial charge in [-0.2, -0.15) is 4.98 Å². The third-order valence-corrected chi connectivity index (χ3v) is 3.54. The van der Waals surface area contributed by atoms with E-state index in [4.69, 9.17) is 5.73 Å². The number of nitrogens with one attached hydrogen (secondary N) is 1. The van der Waals surface area contributed by atoms with Gasteiger partial charge in [0.15, 0.2) is 0 Å². The highest BCUT2D eigenvalue weighted by atomic mass is 15.1. The number of nitrogen functional groups attached to an aromatic ring is 1. The van der Waals surface area contributed by atoms with Crippen molar-refractivity contribution in [1.29, 1.82) is 0 Å². The molecule has 5 nitrogen and oxygen atoms in total. The second-order valence-corrected chi connectivity index (χ2v) is 5.27. The Bertz CT molecular complexity index is 371. The number of likely N-dealkylation sites (tertiary alicyclic amines) is 1. The predicted molar refractivity (Wildman–Crippen MR) is 69.8 cm³/mol. The van der Waals surface area contributed by atoms with Crippen LogP contribution in [-0.4, -0.2) is 41.5 Å². The summed E-state index contributed by atoms with van der Waals surface area (Å²) in [5, 5.41) is 3.29. The number of aromatic nitrogens is 2. The normalized spacial score (nSPS) is 20.1. The van der Waals surface area contributed by atoms with E-state index in [1.54, 1.807) is 12.3 Å². The van der Waals surface area contributed by atoms with Crippen molar-refractivity contribution in [3.63, 3.8) is 0 Å². The van der Waals surface area contributed by atoms with Crippen LogP contribution in [0.1, 0.15) is 19.8 Å². The molecule has 1 aromatic rings. The van der Waals surface area contributed by atoms with Gasteiger partial charge in [-0.1, -0.05) is 6.92 Å². The molecular weight excluding hydrogens is 214 g/mol. The van der Waals surface area contributed by atoms with Crippen LogP contribution in [0.25, 0.3) is 0 Å². The second kappa shape index (κ2) is 4.87. The first kappa shape index (κ1) is 12.1. The average molecular weight is 235 g/mol. The third kappa shape index (κ3) is 3.30. The van der Waals surface area contributed by atoms with E-state index in [2.05, 4.69) is 34.2 Å². The van der Waals surface area contributed by atoms with Gasteiger partial charge >= 0.3 is 0 Å². The van der Waals surface area contributed by atoms with Crippen molar-refractivity contribution in [3.8, 4) is 0 Å². The lowest BCUT2D eigenvalue weighted by atomic mass is 9.80. The molecular formula is C12H21N5. The van der Waals surface area contributed by atoms with Crippen molar-refractivity contribution in [1.82, 2.24) is 14.9 Å². The highest BCUT2D eigenvalue weighted by molar-refractivity contribution is 5.35. The van der Waals surface area contributed by atoms with Gasteiger partial charge < -0.3 is 16.0 Å². The van der Waals surface area contributed by atoms with Crippen LogP contribution in [0.15, 0.2) is 12.3 Å². The lowest BCUT2D eigenvalue weighted by molar-refractivity contribution is 0.150. The average Bonchev–Trinajstić information content (AvgIpc) is 2.31. The summed E-state index contributed by atoms with van der Waals surface area (Å²) in [6, 6.07) is 1.70. The minimum Gasteiger partial charge on any atom is -0.384 e. The Labute approximate surface area is 102 Å². The van der Waals surface area contributed by atoms with Gasteiger partial charge in [0.1, 0.15) is 5.82 Å². The Kier molecular flexibility index (Phi) is 3.47. The zero-order valence-electron chi connectivity index (χ0n) is 10.6. The Morgan fingerprint density at radius 2 is 2.18 bits per heavy atom. The topological polar surface area (TPSA) is 67.1 Å². The molecule has 17 heavy (non-hydrogen) atoms. The van der Waals surface area contributed by atoms with Crippen LogP contribution >= 0.6 is 0 Å². The van der Waals surface area contributed by atoms with Crippen LogP contribution in [0.2, 0.25) is 0 Å². The molecule has 3 N–H and O–H groups in total. The van der Waals surface area contributed by atoms with E-state index in [9.17, 15) is 0 Å². The smallest absolute Gasteiger partial charge is 0.224 e. The van der Waals surface area contributed by atoms with E-state index in [1.165, 1.54) is 12.8 Å². The maximum Gasteiger partial charge on any atom is 0.224 e. The van der Waals surface area contributed by atoms with Gasteiger partial charge in [0.25, 0.3) is 0 Å². The summed E-state index contributed by atoms with van der Waals surface area (Å²) in [6.07, 6.45) is 4.10. The first-order chi connectivity index (χ1) is 8.07. The summed E-state index contributed by atoms with van der Waals surface area (Å²) in [6.45, 7) is 5.55. The summed E-state index contributed by atoms with van der Waals surface area (Å²) in [7, 11) is 2.17. The molecule has 5 heteroatoms. The minimum absolute atomic E-state index is 0.334. The van der Waals surface area contributed by atoms with Crippen molar-refractivity contribution in [2.45, 2.75) is 19.8 Å². The van der Waals surface area contributed by atoms with Gasteiger partial charge in [-0.3, -0.25) is 0 Å². The van der Waals surface area contributed by atoms with Crippen molar-refractivity contribution in [2.75, 3.05) is 37.7 Å². The van der Waals surface area contributed by atoms with Gasteiger partial charge in [-0.05, 0) is 44.5 Å². The Balaban J connectivity index is 1.89. The molecule has 2 rings (SSSR count). The van der Waals surface area contributed by atoms with Gasteiger partial charge in [0.05, 0.1) is 0 Å². The molecule has 0 spiro atoms. The standard InChI is InChI=1S/C12H21N5/c1-12(4-7-17(2)8-5-12)9-15-11-14-6-3-10(13)16-11/h3,6H,4-5,7-9H2,1-2H3,(H3,13,14,15,16). The Morgan fingerprint density at radius 3 is 2.82 bits per heavy atom. The van der Waals surface area contributed by atoms with Gasteiger partial charge in [0.2, 0.25) is 5.95 Å². The number of hydrogen-bond donors (Lipinski definition) is 2. The molecule has 0 aliphatic carbocycles. The molecule has 0 radical (unpaired) electrons. The number of piperidine rings is 1. The first-order valence-corrected chi connectivity index (χ1v) is 6.08. The summed E-state index contributed by atoms with van der Waals surface area (Å²) in [5.41, 5.74) is 5.95. The van der Waals surface area contributed by atoms with E-state index in [0.29, 0.717) is 17.2 Å². The fourth-order valence-corrected chi connectivity index (χ4v) is 2.09. The molecule has 1 aliphatic heterocycles. The summed E-state index contributed by atoms with van der Waals surface area (Å²) < 4.78 is 0. The monoisotopic (exact) mass is 235 g/mol. The van der Waals surface area contributed by atoms with Crippen LogP contribution in [0.5, 0.6) is 0 Å². The van der Waals surface area contributed by atoms with Gasteiger partial charge in [-0.15, -0.1) is 0 Å². The Morgan fingerprint density at radius 1 is 1.47 bits per heavy atom. The minimum atomic E-state index is 0.334. The molecule has 0 unspecified atom stereocenters. The molecule has 0 amide bonds. The van der Waals surface area contributed by atoms with Crippen molar-refractivity contribution in [2.24, 2.45) is 5.41 Å². The third-order valence-electron chi connectivity index (χ3n) is 3.54. The molecule has 1 fully saturated rings. The van der Waals surface area contributed by atoms with E-state index < -0.39 is 0 Å². The van der Waals surface area contributed by atoms with E-state index in [0.717, 1.165) is 19.6 Å². The lowest BCUT2D eigenvalue weighted by Gasteiger charge is -2.37. The molecule has 94 valence electrons. The molecule has 1 saturated heterocycles. The lowest BCUT2D eigenvalue weighted by Crippen LogP contribution is -2.40. The number of anilines is 2. The zero-order chi connectivity index (χ0) is 12.3. The van der Waals surface area contributed by atoms with E-state index in [-0.39, 0.29) is 0 Å². The maximum atomic E-state index is 5.62. The molecule has 0 saturated carbocycles.